The van der Waals surface area contributed by atoms with Crippen molar-refractivity contribution in [3.8, 4) is 0 Å². The second-order valence-corrected chi connectivity index (χ2v) is 4.18. The van der Waals surface area contributed by atoms with E-state index in [1.165, 1.54) is 30.9 Å². The van der Waals surface area contributed by atoms with Gasteiger partial charge in [0.05, 0.1) is 0 Å². The average Bonchev–Trinajstić information content (AvgIpc) is 2.37. The van der Waals surface area contributed by atoms with Gasteiger partial charge in [-0.2, -0.15) is 0 Å². The van der Waals surface area contributed by atoms with E-state index in [-0.39, 0.29) is 51.4 Å². The maximum atomic E-state index is 10.8. The summed E-state index contributed by atoms with van der Waals surface area (Å²) in [7, 11) is 0. The minimum absolute atomic E-state index is 0. The Kier molecular flexibility index (Phi) is 10.4. The minimum Gasteiger partial charge on any atom is -0.541 e. The summed E-state index contributed by atoms with van der Waals surface area (Å²) >= 11 is 0. The van der Waals surface area contributed by atoms with Crippen molar-refractivity contribution in [1.29, 1.82) is 0 Å². The summed E-state index contributed by atoms with van der Waals surface area (Å²) in [6.45, 7) is 2.17. The molecule has 0 aliphatic rings. The molecule has 0 aliphatic heterocycles. The number of rotatable bonds is 7. The molecule has 0 N–H and O–H groups in total. The van der Waals surface area contributed by atoms with Crippen molar-refractivity contribution >= 4 is 17.8 Å². The molecule has 4 heteroatoms. The number of hydrogen-bond acceptors (Lipinski definition) is 3. The maximum absolute atomic E-state index is 10.8. The largest absolute Gasteiger partial charge is 1.00 e. The summed E-state index contributed by atoms with van der Waals surface area (Å²) in [5, 5.41) is 10.2. The van der Waals surface area contributed by atoms with E-state index in [2.05, 4.69) is 6.92 Å². The monoisotopic (exact) mass is 284 g/mol. The first-order valence-electron chi connectivity index (χ1n) is 6.16. The van der Waals surface area contributed by atoms with Gasteiger partial charge in [-0.05, 0) is 30.0 Å². The number of carboxylic acid groups (broad SMARTS) is 1. The Hall–Kier alpha value is -0.264. The topological polar surface area (TPSA) is 57.2 Å². The predicted octanol–water partition coefficient (Wildman–Crippen LogP) is -1.24. The molecule has 96 valence electrons. The van der Waals surface area contributed by atoms with Crippen molar-refractivity contribution in [2.24, 2.45) is 0 Å². The summed E-state index contributed by atoms with van der Waals surface area (Å²) in [6.07, 6.45) is 7.15. The van der Waals surface area contributed by atoms with Crippen LogP contribution in [0.5, 0.6) is 0 Å². The molecule has 0 atom stereocenters. The zero-order chi connectivity index (χ0) is 13.4. The van der Waals surface area contributed by atoms with Crippen molar-refractivity contribution in [1.82, 2.24) is 0 Å². The Morgan fingerprint density at radius 3 is 2.32 bits per heavy atom. The molecule has 0 aromatic heterocycles. The zero-order valence-corrected chi connectivity index (χ0v) is 14.6. The van der Waals surface area contributed by atoms with Crippen LogP contribution in [0.2, 0.25) is 0 Å². The maximum Gasteiger partial charge on any atom is 1.00 e. The SMILES string of the molecule is CCCCCc1ccc(/C=C/C(=O)C(=O)[O-])cc1.[K+]. The Morgan fingerprint density at radius 1 is 1.16 bits per heavy atom. The number of benzene rings is 1. The number of hydrogen-bond donors (Lipinski definition) is 0. The molecule has 0 amide bonds. The molecule has 1 rings (SSSR count). The molecular formula is C15H17KO3. The minimum atomic E-state index is -1.68. The average molecular weight is 284 g/mol. The van der Waals surface area contributed by atoms with Gasteiger partial charge in [-0.3, -0.25) is 4.79 Å². The van der Waals surface area contributed by atoms with Gasteiger partial charge in [-0.25, -0.2) is 0 Å². The van der Waals surface area contributed by atoms with Crippen molar-refractivity contribution in [3.05, 3.63) is 41.5 Å². The van der Waals surface area contributed by atoms with Crippen LogP contribution in [0.25, 0.3) is 6.08 Å². The molecule has 3 nitrogen and oxygen atoms in total. The van der Waals surface area contributed by atoms with Crippen LogP contribution in [0.15, 0.2) is 30.3 Å². The first-order chi connectivity index (χ1) is 8.63. The van der Waals surface area contributed by atoms with Gasteiger partial charge in [0.15, 0.2) is 0 Å². The van der Waals surface area contributed by atoms with Gasteiger partial charge in [0, 0.05) is 0 Å². The summed E-state index contributed by atoms with van der Waals surface area (Å²) < 4.78 is 0. The van der Waals surface area contributed by atoms with Gasteiger partial charge < -0.3 is 9.90 Å². The van der Waals surface area contributed by atoms with Gasteiger partial charge in [-0.15, -0.1) is 0 Å². The molecular weight excluding hydrogens is 267 g/mol. The summed E-state index contributed by atoms with van der Waals surface area (Å²) in [5.41, 5.74) is 2.07. The van der Waals surface area contributed by atoms with Gasteiger partial charge in [-0.1, -0.05) is 50.1 Å². The molecule has 0 saturated carbocycles. The van der Waals surface area contributed by atoms with E-state index in [0.717, 1.165) is 18.1 Å². The van der Waals surface area contributed by atoms with E-state index in [9.17, 15) is 14.7 Å². The van der Waals surface area contributed by atoms with Crippen molar-refractivity contribution < 1.29 is 66.1 Å². The Balaban J connectivity index is 0.00000324. The van der Waals surface area contributed by atoms with Crippen LogP contribution in [-0.4, -0.2) is 11.8 Å². The normalized spacial score (nSPS) is 10.2. The summed E-state index contributed by atoms with van der Waals surface area (Å²) in [5.74, 6) is -2.69. The fourth-order valence-corrected chi connectivity index (χ4v) is 1.61. The van der Waals surface area contributed by atoms with Crippen molar-refractivity contribution in [2.75, 3.05) is 0 Å². The van der Waals surface area contributed by atoms with Crippen molar-refractivity contribution in [3.63, 3.8) is 0 Å². The summed E-state index contributed by atoms with van der Waals surface area (Å²) in [4.78, 5) is 21.0. The van der Waals surface area contributed by atoms with Gasteiger partial charge in [0.1, 0.15) is 5.97 Å². The molecule has 0 fully saturated rings. The van der Waals surface area contributed by atoms with Crippen LogP contribution in [0, 0.1) is 0 Å². The third-order valence-corrected chi connectivity index (χ3v) is 2.68. The molecule has 1 aromatic rings. The number of unbranched alkanes of at least 4 members (excludes halogenated alkanes) is 2. The van der Waals surface area contributed by atoms with Crippen molar-refractivity contribution in [2.45, 2.75) is 32.6 Å². The van der Waals surface area contributed by atoms with Crippen LogP contribution in [0.4, 0.5) is 0 Å². The molecule has 19 heavy (non-hydrogen) atoms. The van der Waals surface area contributed by atoms with Gasteiger partial charge in [0.2, 0.25) is 5.78 Å². The number of aliphatic carboxylic acids is 1. The molecule has 0 aliphatic carbocycles. The predicted molar refractivity (Wildman–Crippen MR) is 68.7 cm³/mol. The Labute approximate surface area is 156 Å². The molecule has 0 spiro atoms. The molecule has 0 heterocycles. The number of carboxylic acids is 1. The van der Waals surface area contributed by atoms with E-state index in [1.54, 1.807) is 0 Å². The van der Waals surface area contributed by atoms with Crippen LogP contribution in [0.3, 0.4) is 0 Å². The molecule has 0 unspecified atom stereocenters. The van der Waals surface area contributed by atoms with Gasteiger partial charge >= 0.3 is 51.4 Å². The van der Waals surface area contributed by atoms with E-state index in [0.29, 0.717) is 0 Å². The van der Waals surface area contributed by atoms with Gasteiger partial charge in [0.25, 0.3) is 0 Å². The Bertz CT molecular complexity index is 435. The second-order valence-electron chi connectivity index (χ2n) is 4.18. The molecule has 0 radical (unpaired) electrons. The van der Waals surface area contributed by atoms with Crippen LogP contribution in [-0.2, 0) is 16.0 Å². The van der Waals surface area contributed by atoms with E-state index in [4.69, 9.17) is 0 Å². The molecule has 0 saturated heterocycles. The smallest absolute Gasteiger partial charge is 0.541 e. The van der Waals surface area contributed by atoms with E-state index >= 15 is 0 Å². The van der Waals surface area contributed by atoms with E-state index < -0.39 is 11.8 Å². The number of carbonyl (C=O) groups excluding carboxylic acids is 2. The Morgan fingerprint density at radius 2 is 1.79 bits per heavy atom. The van der Waals surface area contributed by atoms with Crippen LogP contribution in [0.1, 0.15) is 37.3 Å². The van der Waals surface area contributed by atoms with Crippen LogP contribution < -0.4 is 56.5 Å². The zero-order valence-electron chi connectivity index (χ0n) is 11.5. The standard InChI is InChI=1S/C15H18O3.K/c1-2-3-4-5-12-6-8-13(9-7-12)10-11-14(16)15(17)18;/h6-11H,2-5H2,1H3,(H,17,18);/q;+1/p-1/b11-10+;. The quantitative estimate of drug-likeness (QED) is 0.272. The van der Waals surface area contributed by atoms with E-state index in [1.807, 2.05) is 24.3 Å². The number of aryl methyl sites for hydroxylation is 1. The first-order valence-corrected chi connectivity index (χ1v) is 6.16. The van der Waals surface area contributed by atoms with Crippen LogP contribution >= 0.6 is 0 Å². The third kappa shape index (κ3) is 7.80. The molecule has 1 aromatic carbocycles. The first kappa shape index (κ1) is 18.7. The fourth-order valence-electron chi connectivity index (χ4n) is 1.61. The number of ketones is 1. The summed E-state index contributed by atoms with van der Waals surface area (Å²) in [6, 6.07) is 7.75. The second kappa shape index (κ2) is 10.5. The fraction of sp³-hybridized carbons (Fsp3) is 0.333. The molecule has 0 bridgehead atoms. The number of carbonyl (C=O) groups is 2. The third-order valence-electron chi connectivity index (χ3n) is 2.68.